The van der Waals surface area contributed by atoms with Gasteiger partial charge in [0.1, 0.15) is 0 Å². The SMILES string of the molecule is CCNC(=NCCCOCC1CCOC1)NC1CC(C)N(C2CC2)C1.I. The predicted molar refractivity (Wildman–Crippen MR) is 116 cm³/mol. The lowest BCUT2D eigenvalue weighted by molar-refractivity contribution is 0.0893. The van der Waals surface area contributed by atoms with Crippen molar-refractivity contribution in [3.63, 3.8) is 0 Å². The molecular formula is C19H37IN4O2. The van der Waals surface area contributed by atoms with Gasteiger partial charge in [-0.1, -0.05) is 0 Å². The Morgan fingerprint density at radius 3 is 2.85 bits per heavy atom. The van der Waals surface area contributed by atoms with E-state index in [0.717, 1.165) is 70.9 Å². The summed E-state index contributed by atoms with van der Waals surface area (Å²) >= 11 is 0. The highest BCUT2D eigenvalue weighted by Gasteiger charge is 2.38. The van der Waals surface area contributed by atoms with Gasteiger partial charge >= 0.3 is 0 Å². The van der Waals surface area contributed by atoms with Crippen LogP contribution in [0, 0.1) is 5.92 Å². The Kier molecular flexibility index (Phi) is 9.94. The minimum absolute atomic E-state index is 0. The molecule has 1 saturated carbocycles. The van der Waals surface area contributed by atoms with Gasteiger partial charge in [-0.05, 0) is 46.0 Å². The largest absolute Gasteiger partial charge is 0.381 e. The third-order valence-corrected chi connectivity index (χ3v) is 5.42. The van der Waals surface area contributed by atoms with Crippen LogP contribution in [0.3, 0.4) is 0 Å². The molecule has 3 atom stereocenters. The van der Waals surface area contributed by atoms with Crippen molar-refractivity contribution < 1.29 is 9.47 Å². The lowest BCUT2D eigenvalue weighted by Gasteiger charge is -2.20. The molecule has 152 valence electrons. The van der Waals surface area contributed by atoms with Gasteiger partial charge in [0.25, 0.3) is 0 Å². The molecule has 2 N–H and O–H groups in total. The van der Waals surface area contributed by atoms with E-state index in [1.165, 1.54) is 19.3 Å². The van der Waals surface area contributed by atoms with E-state index in [-0.39, 0.29) is 24.0 Å². The number of halogens is 1. The van der Waals surface area contributed by atoms with Crippen molar-refractivity contribution in [1.82, 2.24) is 15.5 Å². The van der Waals surface area contributed by atoms with Crippen LogP contribution < -0.4 is 10.6 Å². The zero-order chi connectivity index (χ0) is 17.5. The molecule has 0 spiro atoms. The summed E-state index contributed by atoms with van der Waals surface area (Å²) in [4.78, 5) is 7.40. The highest BCUT2D eigenvalue weighted by Crippen LogP contribution is 2.33. The summed E-state index contributed by atoms with van der Waals surface area (Å²) in [6, 6.07) is 2.07. The first-order valence-corrected chi connectivity index (χ1v) is 10.2. The molecule has 0 amide bonds. The van der Waals surface area contributed by atoms with Gasteiger partial charge in [0, 0.05) is 56.9 Å². The highest BCUT2D eigenvalue weighted by atomic mass is 127. The van der Waals surface area contributed by atoms with Crippen LogP contribution in [0.25, 0.3) is 0 Å². The number of ether oxygens (including phenoxy) is 2. The van der Waals surface area contributed by atoms with Gasteiger partial charge in [-0.3, -0.25) is 9.89 Å². The van der Waals surface area contributed by atoms with Crippen molar-refractivity contribution in [1.29, 1.82) is 0 Å². The highest BCUT2D eigenvalue weighted by molar-refractivity contribution is 14.0. The first-order valence-electron chi connectivity index (χ1n) is 10.2. The molecule has 0 radical (unpaired) electrons. The molecular weight excluding hydrogens is 443 g/mol. The van der Waals surface area contributed by atoms with E-state index < -0.39 is 0 Å². The summed E-state index contributed by atoms with van der Waals surface area (Å²) in [5.74, 6) is 1.56. The first kappa shape index (κ1) is 22.2. The van der Waals surface area contributed by atoms with E-state index >= 15 is 0 Å². The second-order valence-corrected chi connectivity index (χ2v) is 7.77. The molecule has 7 heteroatoms. The molecule has 0 aromatic heterocycles. The van der Waals surface area contributed by atoms with Gasteiger partial charge in [0.2, 0.25) is 0 Å². The van der Waals surface area contributed by atoms with Gasteiger partial charge < -0.3 is 20.1 Å². The Hall–Kier alpha value is -0.120. The fourth-order valence-corrected chi connectivity index (χ4v) is 3.91. The van der Waals surface area contributed by atoms with E-state index in [1.54, 1.807) is 0 Å². The van der Waals surface area contributed by atoms with Crippen molar-refractivity contribution in [3.8, 4) is 0 Å². The molecule has 0 aromatic rings. The van der Waals surface area contributed by atoms with Crippen LogP contribution in [0.15, 0.2) is 4.99 Å². The molecule has 26 heavy (non-hydrogen) atoms. The van der Waals surface area contributed by atoms with Crippen LogP contribution in [0.1, 0.15) is 46.0 Å². The van der Waals surface area contributed by atoms with Crippen LogP contribution in [-0.4, -0.2) is 75.0 Å². The predicted octanol–water partition coefficient (Wildman–Crippen LogP) is 2.23. The number of hydrogen-bond acceptors (Lipinski definition) is 4. The molecule has 3 unspecified atom stereocenters. The number of guanidine groups is 1. The zero-order valence-electron chi connectivity index (χ0n) is 16.4. The van der Waals surface area contributed by atoms with Crippen molar-refractivity contribution in [2.24, 2.45) is 10.9 Å². The molecule has 6 nitrogen and oxygen atoms in total. The Morgan fingerprint density at radius 2 is 2.15 bits per heavy atom. The third kappa shape index (κ3) is 7.13. The Labute approximate surface area is 175 Å². The quantitative estimate of drug-likeness (QED) is 0.230. The normalized spacial score (nSPS) is 29.6. The van der Waals surface area contributed by atoms with Crippen LogP contribution >= 0.6 is 24.0 Å². The number of hydrogen-bond donors (Lipinski definition) is 2. The maximum absolute atomic E-state index is 5.76. The minimum Gasteiger partial charge on any atom is -0.381 e. The number of likely N-dealkylation sites (tertiary alicyclic amines) is 1. The molecule has 3 rings (SSSR count). The summed E-state index contributed by atoms with van der Waals surface area (Å²) in [7, 11) is 0. The van der Waals surface area contributed by atoms with Crippen LogP contribution in [0.2, 0.25) is 0 Å². The molecule has 1 aliphatic carbocycles. The molecule has 2 heterocycles. The van der Waals surface area contributed by atoms with E-state index in [4.69, 9.17) is 14.5 Å². The number of rotatable bonds is 9. The topological polar surface area (TPSA) is 58.1 Å². The Balaban J connectivity index is 0.00000243. The van der Waals surface area contributed by atoms with Crippen LogP contribution in [0.4, 0.5) is 0 Å². The van der Waals surface area contributed by atoms with Crippen molar-refractivity contribution in [2.75, 3.05) is 46.1 Å². The fraction of sp³-hybridized carbons (Fsp3) is 0.947. The van der Waals surface area contributed by atoms with Crippen LogP contribution in [-0.2, 0) is 9.47 Å². The van der Waals surface area contributed by atoms with E-state index in [2.05, 4.69) is 29.4 Å². The Morgan fingerprint density at radius 1 is 1.31 bits per heavy atom. The van der Waals surface area contributed by atoms with Crippen molar-refractivity contribution in [2.45, 2.75) is 64.1 Å². The number of nitrogens with zero attached hydrogens (tertiary/aromatic N) is 2. The molecule has 3 aliphatic rings. The van der Waals surface area contributed by atoms with E-state index in [0.29, 0.717) is 18.0 Å². The van der Waals surface area contributed by atoms with Gasteiger partial charge in [0.15, 0.2) is 5.96 Å². The smallest absolute Gasteiger partial charge is 0.191 e. The summed E-state index contributed by atoms with van der Waals surface area (Å²) in [6.07, 6.45) is 6.10. The van der Waals surface area contributed by atoms with Gasteiger partial charge in [-0.2, -0.15) is 0 Å². The summed E-state index contributed by atoms with van der Waals surface area (Å²) < 4.78 is 11.1. The summed E-state index contributed by atoms with van der Waals surface area (Å²) in [5, 5.41) is 7.02. The van der Waals surface area contributed by atoms with Crippen LogP contribution in [0.5, 0.6) is 0 Å². The molecule has 0 bridgehead atoms. The lowest BCUT2D eigenvalue weighted by Crippen LogP contribution is -2.44. The second-order valence-electron chi connectivity index (χ2n) is 7.77. The first-order chi connectivity index (χ1) is 12.3. The second kappa shape index (κ2) is 11.7. The Bertz CT molecular complexity index is 428. The molecule has 0 aromatic carbocycles. The minimum atomic E-state index is 0. The number of nitrogens with one attached hydrogen (secondary N) is 2. The summed E-state index contributed by atoms with van der Waals surface area (Å²) in [6.45, 7) is 10.7. The average Bonchev–Trinajstić information content (AvgIpc) is 3.18. The van der Waals surface area contributed by atoms with E-state index in [1.807, 2.05) is 0 Å². The van der Waals surface area contributed by atoms with Crippen molar-refractivity contribution in [3.05, 3.63) is 0 Å². The maximum atomic E-state index is 5.76. The summed E-state index contributed by atoms with van der Waals surface area (Å²) in [5.41, 5.74) is 0. The molecule has 2 aliphatic heterocycles. The standard InChI is InChI=1S/C19H36N4O2.HI/c1-3-20-19(21-8-4-9-24-13-16-7-10-25-14-16)22-17-11-15(2)23(12-17)18-5-6-18;/h15-18H,3-14H2,1-2H3,(H2,20,21,22);1H. The monoisotopic (exact) mass is 480 g/mol. The van der Waals surface area contributed by atoms with E-state index in [9.17, 15) is 0 Å². The fourth-order valence-electron chi connectivity index (χ4n) is 3.91. The zero-order valence-corrected chi connectivity index (χ0v) is 18.7. The molecule has 3 fully saturated rings. The average molecular weight is 480 g/mol. The maximum Gasteiger partial charge on any atom is 0.191 e. The van der Waals surface area contributed by atoms with Gasteiger partial charge in [-0.25, -0.2) is 0 Å². The lowest BCUT2D eigenvalue weighted by atomic mass is 10.1. The third-order valence-electron chi connectivity index (χ3n) is 5.42. The van der Waals surface area contributed by atoms with Gasteiger partial charge in [-0.15, -0.1) is 24.0 Å². The van der Waals surface area contributed by atoms with Gasteiger partial charge in [0.05, 0.1) is 13.2 Å². The number of aliphatic imine (C=N–C) groups is 1. The van der Waals surface area contributed by atoms with Crippen molar-refractivity contribution >= 4 is 29.9 Å². The molecule has 2 saturated heterocycles.